The number of carboxylic acid groups (broad SMARTS) is 1. The molecule has 0 amide bonds. The molecule has 1 N–H and O–H groups in total. The highest BCUT2D eigenvalue weighted by molar-refractivity contribution is 7.98. The van der Waals surface area contributed by atoms with E-state index in [1.807, 2.05) is 12.3 Å². The molecule has 76 valence electrons. The van der Waals surface area contributed by atoms with Crippen LogP contribution in [0.2, 0.25) is 5.02 Å². The maximum Gasteiger partial charge on any atom is 0.310 e. The molecule has 0 heterocycles. The van der Waals surface area contributed by atoms with Crippen LogP contribution in [0.15, 0.2) is 23.1 Å². The average molecular weight is 231 g/mol. The van der Waals surface area contributed by atoms with Gasteiger partial charge in [0, 0.05) is 4.90 Å². The van der Waals surface area contributed by atoms with Gasteiger partial charge in [-0.2, -0.15) is 0 Å². The molecule has 2 nitrogen and oxygen atoms in total. The summed E-state index contributed by atoms with van der Waals surface area (Å²) in [6, 6.07) is 5.37. The van der Waals surface area contributed by atoms with Crippen molar-refractivity contribution in [2.24, 2.45) is 0 Å². The van der Waals surface area contributed by atoms with E-state index in [2.05, 4.69) is 0 Å². The molecule has 0 fully saturated rings. The van der Waals surface area contributed by atoms with Crippen molar-refractivity contribution < 1.29 is 9.90 Å². The number of hydrogen-bond donors (Lipinski definition) is 1. The molecule has 0 spiro atoms. The lowest BCUT2D eigenvalue weighted by Gasteiger charge is -2.08. The minimum Gasteiger partial charge on any atom is -0.481 e. The molecule has 0 radical (unpaired) electrons. The van der Waals surface area contributed by atoms with Crippen LogP contribution in [0.3, 0.4) is 0 Å². The first-order valence-corrected chi connectivity index (χ1v) is 5.72. The number of carbonyl (C=O) groups is 1. The lowest BCUT2D eigenvalue weighted by molar-refractivity contribution is -0.138. The molecule has 0 bridgehead atoms. The Bertz CT molecular complexity index is 352. The molecule has 1 aromatic carbocycles. The molecule has 4 heteroatoms. The quantitative estimate of drug-likeness (QED) is 0.810. The number of halogens is 1. The molecule has 0 aromatic heterocycles. The Morgan fingerprint density at radius 3 is 2.64 bits per heavy atom. The number of thioether (sulfide) groups is 1. The summed E-state index contributed by atoms with van der Waals surface area (Å²) in [5, 5.41) is 9.42. The van der Waals surface area contributed by atoms with Gasteiger partial charge in [-0.3, -0.25) is 4.79 Å². The van der Waals surface area contributed by atoms with Crippen molar-refractivity contribution in [2.45, 2.75) is 17.7 Å². The van der Waals surface area contributed by atoms with Gasteiger partial charge in [-0.15, -0.1) is 11.8 Å². The second-order valence-corrected chi connectivity index (χ2v) is 4.21. The first-order chi connectivity index (χ1) is 6.56. The zero-order valence-corrected chi connectivity index (χ0v) is 9.52. The number of aliphatic carboxylic acids is 1. The number of carboxylic acids is 1. The fourth-order valence-corrected chi connectivity index (χ4v) is 1.97. The van der Waals surface area contributed by atoms with Gasteiger partial charge in [0.2, 0.25) is 0 Å². The summed E-state index contributed by atoms with van der Waals surface area (Å²) >= 11 is 7.51. The summed E-state index contributed by atoms with van der Waals surface area (Å²) in [5.74, 6) is -1.35. The Morgan fingerprint density at radius 1 is 1.57 bits per heavy atom. The van der Waals surface area contributed by atoms with Crippen LogP contribution in [0, 0.1) is 0 Å². The molecule has 1 atom stereocenters. The van der Waals surface area contributed by atoms with Gasteiger partial charge in [-0.25, -0.2) is 0 Å². The van der Waals surface area contributed by atoms with Gasteiger partial charge < -0.3 is 5.11 Å². The third-order valence-corrected chi connectivity index (χ3v) is 3.27. The van der Waals surface area contributed by atoms with Gasteiger partial charge in [-0.05, 0) is 30.9 Å². The smallest absolute Gasteiger partial charge is 0.310 e. The lowest BCUT2D eigenvalue weighted by Crippen LogP contribution is -2.07. The standard InChI is InChI=1S/C10H11ClO2S/c1-6(10(12)13)7-3-4-9(14-2)8(11)5-7/h3-6H,1-2H3,(H,12,13). The largest absolute Gasteiger partial charge is 0.481 e. The van der Waals surface area contributed by atoms with Crippen molar-refractivity contribution in [3.8, 4) is 0 Å². The maximum absolute atomic E-state index is 10.7. The monoisotopic (exact) mass is 230 g/mol. The molecule has 0 saturated carbocycles. The third-order valence-electron chi connectivity index (χ3n) is 2.05. The highest BCUT2D eigenvalue weighted by Crippen LogP contribution is 2.28. The van der Waals surface area contributed by atoms with E-state index in [1.54, 1.807) is 30.8 Å². The van der Waals surface area contributed by atoms with Crippen LogP contribution in [0.1, 0.15) is 18.4 Å². The summed E-state index contributed by atoms with van der Waals surface area (Å²) in [5.41, 5.74) is 0.736. The molecular formula is C10H11ClO2S. The van der Waals surface area contributed by atoms with E-state index >= 15 is 0 Å². The van der Waals surface area contributed by atoms with Crippen molar-refractivity contribution in [3.63, 3.8) is 0 Å². The van der Waals surface area contributed by atoms with Crippen LogP contribution in [-0.2, 0) is 4.79 Å². The fourth-order valence-electron chi connectivity index (χ4n) is 1.09. The summed E-state index contributed by atoms with van der Waals surface area (Å²) in [4.78, 5) is 11.7. The minimum absolute atomic E-state index is 0.511. The van der Waals surface area contributed by atoms with Crippen molar-refractivity contribution in [2.75, 3.05) is 6.26 Å². The second kappa shape index (κ2) is 4.71. The lowest BCUT2D eigenvalue weighted by atomic mass is 10.0. The molecule has 1 aromatic rings. The Morgan fingerprint density at radius 2 is 2.21 bits per heavy atom. The Balaban J connectivity index is 3.02. The molecule has 1 unspecified atom stereocenters. The summed E-state index contributed by atoms with van der Waals surface area (Å²) < 4.78 is 0. The van der Waals surface area contributed by atoms with E-state index < -0.39 is 11.9 Å². The topological polar surface area (TPSA) is 37.3 Å². The second-order valence-electron chi connectivity index (χ2n) is 2.95. The van der Waals surface area contributed by atoms with Crippen LogP contribution in [0.5, 0.6) is 0 Å². The molecule has 0 aliphatic carbocycles. The van der Waals surface area contributed by atoms with E-state index in [-0.39, 0.29) is 0 Å². The van der Waals surface area contributed by atoms with Crippen LogP contribution in [0.25, 0.3) is 0 Å². The Kier molecular flexibility index (Phi) is 3.84. The first-order valence-electron chi connectivity index (χ1n) is 4.12. The molecule has 1 rings (SSSR count). The van der Waals surface area contributed by atoms with Crippen LogP contribution in [0.4, 0.5) is 0 Å². The van der Waals surface area contributed by atoms with Crippen molar-refractivity contribution in [1.82, 2.24) is 0 Å². The van der Waals surface area contributed by atoms with Gasteiger partial charge in [0.05, 0.1) is 10.9 Å². The van der Waals surface area contributed by atoms with Gasteiger partial charge >= 0.3 is 5.97 Å². The number of hydrogen-bond acceptors (Lipinski definition) is 2. The summed E-state index contributed by atoms with van der Waals surface area (Å²) in [6.45, 7) is 1.65. The predicted molar refractivity (Wildman–Crippen MR) is 59.3 cm³/mol. The van der Waals surface area contributed by atoms with E-state index in [1.165, 1.54) is 0 Å². The summed E-state index contributed by atoms with van der Waals surface area (Å²) in [6.07, 6.45) is 1.93. The first kappa shape index (κ1) is 11.4. The highest BCUT2D eigenvalue weighted by Gasteiger charge is 2.14. The van der Waals surface area contributed by atoms with Gasteiger partial charge in [0.15, 0.2) is 0 Å². The SMILES string of the molecule is CSc1ccc(C(C)C(=O)O)cc1Cl. The van der Waals surface area contributed by atoms with Gasteiger partial charge in [-0.1, -0.05) is 17.7 Å². The van der Waals surface area contributed by atoms with E-state index in [4.69, 9.17) is 16.7 Å². The molecule has 0 saturated heterocycles. The normalized spacial score (nSPS) is 12.5. The number of benzene rings is 1. The van der Waals surface area contributed by atoms with E-state index in [0.717, 1.165) is 10.5 Å². The van der Waals surface area contributed by atoms with Gasteiger partial charge in [0.25, 0.3) is 0 Å². The van der Waals surface area contributed by atoms with Gasteiger partial charge in [0.1, 0.15) is 0 Å². The van der Waals surface area contributed by atoms with Crippen LogP contribution in [-0.4, -0.2) is 17.3 Å². The average Bonchev–Trinajstić information content (AvgIpc) is 2.16. The van der Waals surface area contributed by atoms with E-state index in [9.17, 15) is 4.79 Å². The zero-order valence-electron chi connectivity index (χ0n) is 7.95. The zero-order chi connectivity index (χ0) is 10.7. The molecule has 14 heavy (non-hydrogen) atoms. The minimum atomic E-state index is -0.835. The Labute approximate surface area is 92.3 Å². The fraction of sp³-hybridized carbons (Fsp3) is 0.300. The maximum atomic E-state index is 10.7. The van der Waals surface area contributed by atoms with Crippen LogP contribution >= 0.6 is 23.4 Å². The predicted octanol–water partition coefficient (Wildman–Crippen LogP) is 3.25. The Hall–Kier alpha value is -0.670. The highest BCUT2D eigenvalue weighted by atomic mass is 35.5. The van der Waals surface area contributed by atoms with Crippen molar-refractivity contribution in [1.29, 1.82) is 0 Å². The van der Waals surface area contributed by atoms with Crippen molar-refractivity contribution in [3.05, 3.63) is 28.8 Å². The molecule has 0 aliphatic heterocycles. The van der Waals surface area contributed by atoms with Crippen molar-refractivity contribution >= 4 is 29.3 Å². The van der Waals surface area contributed by atoms with E-state index in [0.29, 0.717) is 5.02 Å². The summed E-state index contributed by atoms with van der Waals surface area (Å²) in [7, 11) is 0. The third kappa shape index (κ3) is 2.42. The number of rotatable bonds is 3. The molecule has 0 aliphatic rings. The van der Waals surface area contributed by atoms with Crippen LogP contribution < -0.4 is 0 Å². The molecular weight excluding hydrogens is 220 g/mol.